The Kier molecular flexibility index (Phi) is 9.52. The smallest absolute Gasteiger partial charge is 0.260 e. The van der Waals surface area contributed by atoms with Crippen LogP contribution in [0.4, 0.5) is 51.2 Å². The maximum absolute atomic E-state index is 7.25. The largest absolute Gasteiger partial charge is 0.458 e. The molecule has 408 valence electrons. The summed E-state index contributed by atoms with van der Waals surface area (Å²) in [6, 6.07) is 99.5. The monoisotopic (exact) mass is 1130 g/mol. The third-order valence-electron chi connectivity index (χ3n) is 20.0. The van der Waals surface area contributed by atoms with Crippen LogP contribution in [0.1, 0.15) is 0 Å². The van der Waals surface area contributed by atoms with Gasteiger partial charge in [-0.1, -0.05) is 194 Å². The summed E-state index contributed by atoms with van der Waals surface area (Å²) in [5.74, 6) is 6.70. The summed E-state index contributed by atoms with van der Waals surface area (Å²) in [6.45, 7) is -0.675. The maximum atomic E-state index is 7.25. The minimum atomic E-state index is -0.175. The van der Waals surface area contributed by atoms with Crippen LogP contribution in [0.25, 0.3) is 22.3 Å². The van der Waals surface area contributed by atoms with Gasteiger partial charge in [0.05, 0.1) is 0 Å². The summed E-state index contributed by atoms with van der Waals surface area (Å²) >= 11 is 0. The third kappa shape index (κ3) is 6.40. The van der Waals surface area contributed by atoms with Crippen molar-refractivity contribution >= 4 is 144 Å². The molecule has 89 heavy (non-hydrogen) atoms. The second-order valence-electron chi connectivity index (χ2n) is 24.4. The van der Waals surface area contributed by atoms with Crippen LogP contribution in [-0.4, -0.2) is 26.9 Å². The molecule has 0 saturated carbocycles. The summed E-state index contributed by atoms with van der Waals surface area (Å²) in [5, 5.41) is 0. The number of para-hydroxylation sites is 6. The van der Waals surface area contributed by atoms with Crippen molar-refractivity contribution in [2.24, 2.45) is 0 Å². The molecule has 0 spiro atoms. The van der Waals surface area contributed by atoms with Crippen LogP contribution >= 0.6 is 0 Å². The molecule has 13 aromatic carbocycles. The summed E-state index contributed by atoms with van der Waals surface area (Å²) in [7, 11) is 0. The van der Waals surface area contributed by atoms with Crippen molar-refractivity contribution in [3.8, 4) is 68.2 Å². The predicted octanol–water partition coefficient (Wildman–Crippen LogP) is 11.2. The molecular formula is C78H45B4N3O4. The van der Waals surface area contributed by atoms with E-state index in [-0.39, 0.29) is 26.9 Å². The number of benzene rings is 13. The normalized spacial score (nSPS) is 14.3. The van der Waals surface area contributed by atoms with E-state index in [1.165, 1.54) is 49.8 Å². The Bertz CT molecular complexity index is 4960. The second kappa shape index (κ2) is 17.7. The lowest BCUT2D eigenvalue weighted by Crippen LogP contribution is -2.69. The van der Waals surface area contributed by atoms with E-state index < -0.39 is 0 Å². The molecule has 0 atom stereocenters. The summed E-state index contributed by atoms with van der Waals surface area (Å²) < 4.78 is 28.6. The van der Waals surface area contributed by atoms with Gasteiger partial charge in [0.15, 0.2) is 0 Å². The molecule has 13 aromatic rings. The Balaban J connectivity index is 0.845. The molecule has 8 aliphatic rings. The highest BCUT2D eigenvalue weighted by Gasteiger charge is 2.54. The lowest BCUT2D eigenvalue weighted by Gasteiger charge is -2.51. The lowest BCUT2D eigenvalue weighted by atomic mass is 9.27. The first-order valence-corrected chi connectivity index (χ1v) is 30.8. The molecular weight excluding hydrogens is 1090 g/mol. The van der Waals surface area contributed by atoms with E-state index in [4.69, 9.17) is 18.9 Å². The van der Waals surface area contributed by atoms with Crippen molar-refractivity contribution in [1.29, 1.82) is 0 Å². The molecule has 0 unspecified atom stereocenters. The molecule has 0 N–H and O–H groups in total. The molecule has 11 heteroatoms. The molecule has 7 nitrogen and oxygen atoms in total. The first-order valence-electron chi connectivity index (χ1n) is 30.8. The van der Waals surface area contributed by atoms with E-state index >= 15 is 0 Å². The highest BCUT2D eigenvalue weighted by atomic mass is 16.5. The standard InChI is InChI=1S/C78H45B4N3O4/c1-5-21-46(22-6-1)50-29-17-33-54-77(50)88-68-39-19-37-66-74(68)81(54)58-41-56-62(44-70(58)86-66)83(48-25-9-3-10-26-48)64-43-65-73-76-72(64)79(56)52-31-13-15-35-60(52)85(76)61-36-16-14-32-53(61)80(73)57-42-59-71(45-63(57)84(65)49-27-11-4-12-28-49)87-67-38-20-40-69-75(67)82(59)55-34-18-30-51(78(55)89-69)47-23-7-2-8-24-47/h1-45H. The molecule has 21 rings (SSSR count). The van der Waals surface area contributed by atoms with E-state index in [9.17, 15) is 0 Å². The van der Waals surface area contributed by atoms with Gasteiger partial charge in [-0.15, -0.1) is 0 Å². The lowest BCUT2D eigenvalue weighted by molar-refractivity contribution is 0.465. The number of hydrogen-bond donors (Lipinski definition) is 0. The summed E-state index contributed by atoms with van der Waals surface area (Å²) in [6.07, 6.45) is 0. The fourth-order valence-corrected chi connectivity index (χ4v) is 16.6. The van der Waals surface area contributed by atoms with Gasteiger partial charge in [0.1, 0.15) is 46.0 Å². The van der Waals surface area contributed by atoms with Crippen molar-refractivity contribution in [1.82, 2.24) is 0 Å². The molecule has 8 aliphatic heterocycles. The van der Waals surface area contributed by atoms with Crippen molar-refractivity contribution in [2.75, 3.05) is 14.7 Å². The summed E-state index contributed by atoms with van der Waals surface area (Å²) in [4.78, 5) is 7.66. The molecule has 0 radical (unpaired) electrons. The van der Waals surface area contributed by atoms with Gasteiger partial charge < -0.3 is 33.6 Å². The Hall–Kier alpha value is -11.3. The molecule has 0 bridgehead atoms. The highest BCUT2D eigenvalue weighted by molar-refractivity contribution is 7.06. The zero-order valence-corrected chi connectivity index (χ0v) is 47.8. The Morgan fingerprint density at radius 3 is 1.04 bits per heavy atom. The second-order valence-corrected chi connectivity index (χ2v) is 24.4. The minimum Gasteiger partial charge on any atom is -0.458 e. The minimum absolute atomic E-state index is 0.163. The Labute approximate surface area is 515 Å². The number of fused-ring (bicyclic) bond motifs is 18. The van der Waals surface area contributed by atoms with Gasteiger partial charge in [-0.2, -0.15) is 0 Å². The zero-order chi connectivity index (χ0) is 57.7. The van der Waals surface area contributed by atoms with E-state index in [1.807, 2.05) is 0 Å². The van der Waals surface area contributed by atoms with Crippen molar-refractivity contribution in [2.45, 2.75) is 0 Å². The van der Waals surface area contributed by atoms with E-state index in [2.05, 4.69) is 288 Å². The van der Waals surface area contributed by atoms with E-state index in [0.29, 0.717) is 0 Å². The van der Waals surface area contributed by atoms with Gasteiger partial charge >= 0.3 is 0 Å². The molecule has 0 fully saturated rings. The maximum Gasteiger partial charge on any atom is 0.260 e. The number of anilines is 9. The van der Waals surface area contributed by atoms with Crippen LogP contribution in [0.5, 0.6) is 46.0 Å². The van der Waals surface area contributed by atoms with Crippen LogP contribution in [0.2, 0.25) is 0 Å². The third-order valence-corrected chi connectivity index (χ3v) is 20.0. The molecule has 8 heterocycles. The van der Waals surface area contributed by atoms with Gasteiger partial charge in [-0.3, -0.25) is 0 Å². The first kappa shape index (κ1) is 47.9. The van der Waals surface area contributed by atoms with Gasteiger partial charge in [-0.05, 0) is 132 Å². The summed E-state index contributed by atoms with van der Waals surface area (Å²) in [5.41, 5.74) is 28.6. The highest BCUT2D eigenvalue weighted by Crippen LogP contribution is 2.52. The number of nitrogens with zero attached hydrogens (tertiary/aromatic N) is 3. The zero-order valence-electron chi connectivity index (χ0n) is 47.8. The van der Waals surface area contributed by atoms with Gasteiger partial charge in [-0.25, -0.2) is 0 Å². The first-order chi connectivity index (χ1) is 44.2. The quantitative estimate of drug-likeness (QED) is 0.163. The average Bonchev–Trinajstić information content (AvgIpc) is 0.676. The fraction of sp³-hybridized carbons (Fsp3) is 0. The van der Waals surface area contributed by atoms with E-state index in [1.54, 1.807) is 0 Å². The van der Waals surface area contributed by atoms with Crippen LogP contribution in [0.15, 0.2) is 273 Å². The van der Waals surface area contributed by atoms with Crippen molar-refractivity contribution < 1.29 is 18.9 Å². The van der Waals surface area contributed by atoms with Crippen LogP contribution in [0.3, 0.4) is 0 Å². The average molecular weight is 1130 g/mol. The number of ether oxygens (including phenoxy) is 4. The fourth-order valence-electron chi connectivity index (χ4n) is 16.6. The van der Waals surface area contributed by atoms with Crippen LogP contribution < -0.4 is 99.2 Å². The molecule has 0 aliphatic carbocycles. The van der Waals surface area contributed by atoms with E-state index in [0.717, 1.165) is 135 Å². The van der Waals surface area contributed by atoms with Crippen molar-refractivity contribution in [3.05, 3.63) is 273 Å². The SMILES string of the molecule is c1ccc(-c2cccc3c2Oc2cccc4c2B3c2cc3c(cc2O4)N(c2ccccc2)c2cc4c5c6c2B3c2ccccc2N6c2ccccc2B5c2cc3c(cc2N4c2ccccc2)Oc2cccc4c2B3c2cccc(-c3ccccc3)c2O4)cc1. The Morgan fingerprint density at radius 2 is 0.596 bits per heavy atom. The number of rotatable bonds is 4. The van der Waals surface area contributed by atoms with Gasteiger partial charge in [0.25, 0.3) is 26.9 Å². The van der Waals surface area contributed by atoms with Gasteiger partial charge in [0.2, 0.25) is 0 Å². The predicted molar refractivity (Wildman–Crippen MR) is 366 cm³/mol. The number of hydrogen-bond acceptors (Lipinski definition) is 7. The topological polar surface area (TPSA) is 46.6 Å². The molecule has 0 saturated heterocycles. The Morgan fingerprint density at radius 1 is 0.225 bits per heavy atom. The van der Waals surface area contributed by atoms with Crippen molar-refractivity contribution in [3.63, 3.8) is 0 Å². The molecule has 0 amide bonds. The molecule has 0 aromatic heterocycles. The van der Waals surface area contributed by atoms with Crippen LogP contribution in [0, 0.1) is 0 Å². The van der Waals surface area contributed by atoms with Crippen LogP contribution in [-0.2, 0) is 0 Å². The van der Waals surface area contributed by atoms with Gasteiger partial charge in [0, 0.05) is 85.4 Å².